The molecule has 0 atom stereocenters. The van der Waals surface area contributed by atoms with Crippen LogP contribution in [0.5, 0.6) is 0 Å². The molecule has 1 N–H and O–H groups in total. The van der Waals surface area contributed by atoms with Gasteiger partial charge in [0.25, 0.3) is 0 Å². The summed E-state index contributed by atoms with van der Waals surface area (Å²) in [5.74, 6) is -1.54. The Bertz CT molecular complexity index is 254. The maximum absolute atomic E-state index is 10.8. The fourth-order valence-corrected chi connectivity index (χ4v) is 1.01. The van der Waals surface area contributed by atoms with Gasteiger partial charge < -0.3 is 6.16 Å². The summed E-state index contributed by atoms with van der Waals surface area (Å²) >= 11 is 0. The molecule has 0 fully saturated rings. The summed E-state index contributed by atoms with van der Waals surface area (Å²) in [7, 11) is -4.19. The van der Waals surface area contributed by atoms with E-state index in [-0.39, 0.29) is 26.7 Å². The minimum atomic E-state index is -4.19. The Morgan fingerprint density at radius 3 is 2.43 bits per heavy atom. The average Bonchev–Trinajstić information content (AvgIpc) is 2.00. The molecule has 0 heterocycles. The SMILES string of the molecule is CCCCCC(=O)OCS(=O)(=O)O.[H-].[Li+]. The number of hydrogen-bond donors (Lipinski definition) is 1. The summed E-state index contributed by atoms with van der Waals surface area (Å²) < 4.78 is 32.8. The molecule has 0 aromatic rings. The summed E-state index contributed by atoms with van der Waals surface area (Å²) in [6.07, 6.45) is 2.76. The van der Waals surface area contributed by atoms with Gasteiger partial charge in [-0.1, -0.05) is 19.8 Å². The van der Waals surface area contributed by atoms with Gasteiger partial charge in [-0.2, -0.15) is 8.42 Å². The van der Waals surface area contributed by atoms with Crippen molar-refractivity contribution in [1.29, 1.82) is 0 Å². The Morgan fingerprint density at radius 2 is 2.00 bits per heavy atom. The smallest absolute Gasteiger partial charge is 1.00 e. The average molecular weight is 218 g/mol. The van der Waals surface area contributed by atoms with E-state index < -0.39 is 22.0 Å². The summed E-state index contributed by atoms with van der Waals surface area (Å²) in [6, 6.07) is 0. The van der Waals surface area contributed by atoms with Crippen LogP contribution in [-0.2, 0) is 19.6 Å². The third-order valence-electron chi connectivity index (χ3n) is 1.35. The van der Waals surface area contributed by atoms with Gasteiger partial charge in [0.2, 0.25) is 5.94 Å². The number of carbonyl (C=O) groups excluding carboxylic acids is 1. The van der Waals surface area contributed by atoms with Crippen molar-refractivity contribution in [3.05, 3.63) is 0 Å². The number of esters is 1. The van der Waals surface area contributed by atoms with E-state index in [1.165, 1.54) is 0 Å². The summed E-state index contributed by atoms with van der Waals surface area (Å²) in [4.78, 5) is 10.8. The Hall–Kier alpha value is -0.0226. The second-order valence-electron chi connectivity index (χ2n) is 2.67. The van der Waals surface area contributed by atoms with Gasteiger partial charge in [0, 0.05) is 6.42 Å². The van der Waals surface area contributed by atoms with E-state index in [1.54, 1.807) is 0 Å². The zero-order chi connectivity index (χ0) is 10.3. The zero-order valence-corrected chi connectivity index (χ0v) is 9.34. The molecule has 0 amide bonds. The van der Waals surface area contributed by atoms with Crippen molar-refractivity contribution < 1.29 is 42.8 Å². The summed E-state index contributed by atoms with van der Waals surface area (Å²) in [5.41, 5.74) is 0. The number of rotatable bonds is 6. The first-order valence-electron chi connectivity index (χ1n) is 4.06. The molecular formula is C7H15LiO5S. The second-order valence-corrected chi connectivity index (χ2v) is 4.07. The summed E-state index contributed by atoms with van der Waals surface area (Å²) in [5, 5.41) is 0. The summed E-state index contributed by atoms with van der Waals surface area (Å²) in [6.45, 7) is 1.99. The topological polar surface area (TPSA) is 80.7 Å². The Morgan fingerprint density at radius 1 is 1.43 bits per heavy atom. The number of carbonyl (C=O) groups is 1. The molecular weight excluding hydrogens is 203 g/mol. The third-order valence-corrected chi connectivity index (χ3v) is 1.77. The molecule has 14 heavy (non-hydrogen) atoms. The predicted octanol–water partition coefficient (Wildman–Crippen LogP) is -1.93. The van der Waals surface area contributed by atoms with E-state index in [9.17, 15) is 13.2 Å². The van der Waals surface area contributed by atoms with Crippen LogP contribution in [0, 0.1) is 0 Å². The van der Waals surface area contributed by atoms with Crippen LogP contribution in [0.1, 0.15) is 34.0 Å². The molecule has 7 heteroatoms. The van der Waals surface area contributed by atoms with Crippen molar-refractivity contribution in [2.24, 2.45) is 0 Å². The standard InChI is InChI=1S/C7H14O5S.Li.H/c1-2-3-4-5-7(8)12-6-13(9,10)11;;/h2-6H2,1H3,(H,9,10,11);;/q;+1;-1. The molecule has 5 nitrogen and oxygen atoms in total. The molecule has 0 aromatic heterocycles. The van der Waals surface area contributed by atoms with Crippen LogP contribution in [0.3, 0.4) is 0 Å². The maximum atomic E-state index is 10.8. The van der Waals surface area contributed by atoms with Gasteiger partial charge in [0.1, 0.15) is 0 Å². The molecule has 0 rings (SSSR count). The molecule has 0 aliphatic carbocycles. The van der Waals surface area contributed by atoms with Crippen molar-refractivity contribution in [3.8, 4) is 0 Å². The van der Waals surface area contributed by atoms with Crippen LogP contribution in [0.2, 0.25) is 0 Å². The van der Waals surface area contributed by atoms with Crippen LogP contribution in [-0.4, -0.2) is 24.9 Å². The van der Waals surface area contributed by atoms with Gasteiger partial charge in [0.15, 0.2) is 0 Å². The van der Waals surface area contributed by atoms with Gasteiger partial charge in [-0.15, -0.1) is 0 Å². The Kier molecular flexibility index (Phi) is 9.73. The second kappa shape index (κ2) is 8.30. The zero-order valence-electron chi connectivity index (χ0n) is 9.52. The third kappa shape index (κ3) is 12.0. The van der Waals surface area contributed by atoms with Crippen LogP contribution in [0.25, 0.3) is 0 Å². The van der Waals surface area contributed by atoms with E-state index >= 15 is 0 Å². The first-order valence-corrected chi connectivity index (χ1v) is 5.67. The normalized spacial score (nSPS) is 10.4. The van der Waals surface area contributed by atoms with E-state index in [0.717, 1.165) is 12.8 Å². The number of unbranched alkanes of at least 4 members (excludes halogenated alkanes) is 2. The molecule has 0 aromatic carbocycles. The fourth-order valence-electron chi connectivity index (χ4n) is 0.732. The molecule has 0 spiro atoms. The molecule has 80 valence electrons. The largest absolute Gasteiger partial charge is 1.00 e. The Balaban J connectivity index is -0.000000720. The number of hydrogen-bond acceptors (Lipinski definition) is 4. The quantitative estimate of drug-likeness (QED) is 0.243. The van der Waals surface area contributed by atoms with Gasteiger partial charge in [0.05, 0.1) is 0 Å². The molecule has 0 saturated carbocycles. The predicted molar refractivity (Wildman–Crippen MR) is 47.8 cm³/mol. The minimum Gasteiger partial charge on any atom is -1.00 e. The molecule has 0 radical (unpaired) electrons. The number of ether oxygens (including phenoxy) is 1. The van der Waals surface area contributed by atoms with Crippen molar-refractivity contribution >= 4 is 16.1 Å². The van der Waals surface area contributed by atoms with Gasteiger partial charge >= 0.3 is 34.9 Å². The van der Waals surface area contributed by atoms with E-state index in [0.29, 0.717) is 6.42 Å². The van der Waals surface area contributed by atoms with E-state index in [1.807, 2.05) is 6.92 Å². The molecule has 0 saturated heterocycles. The molecule has 0 aliphatic rings. The van der Waals surface area contributed by atoms with Crippen LogP contribution in [0.4, 0.5) is 0 Å². The van der Waals surface area contributed by atoms with Crippen LogP contribution in [0.15, 0.2) is 0 Å². The van der Waals surface area contributed by atoms with Crippen LogP contribution < -0.4 is 18.9 Å². The van der Waals surface area contributed by atoms with Crippen molar-refractivity contribution in [2.45, 2.75) is 32.6 Å². The Labute approximate surface area is 97.6 Å². The maximum Gasteiger partial charge on any atom is 1.00 e. The van der Waals surface area contributed by atoms with Gasteiger partial charge in [-0.3, -0.25) is 9.35 Å². The first-order chi connectivity index (χ1) is 5.95. The van der Waals surface area contributed by atoms with Crippen molar-refractivity contribution in [3.63, 3.8) is 0 Å². The van der Waals surface area contributed by atoms with E-state index in [2.05, 4.69) is 4.74 Å². The van der Waals surface area contributed by atoms with Crippen LogP contribution >= 0.6 is 0 Å². The molecule has 0 bridgehead atoms. The minimum absolute atomic E-state index is 0. The van der Waals surface area contributed by atoms with E-state index in [4.69, 9.17) is 4.55 Å². The van der Waals surface area contributed by atoms with Crippen molar-refractivity contribution in [1.82, 2.24) is 0 Å². The van der Waals surface area contributed by atoms with Crippen molar-refractivity contribution in [2.75, 3.05) is 5.94 Å². The molecule has 0 aliphatic heterocycles. The van der Waals surface area contributed by atoms with Gasteiger partial charge in [-0.05, 0) is 6.42 Å². The molecule has 0 unspecified atom stereocenters. The first kappa shape index (κ1) is 16.4. The monoisotopic (exact) mass is 218 g/mol. The van der Waals surface area contributed by atoms with Gasteiger partial charge in [-0.25, -0.2) is 0 Å². The fraction of sp³-hybridized carbons (Fsp3) is 0.857.